The van der Waals surface area contributed by atoms with E-state index in [9.17, 15) is 0 Å². The van der Waals surface area contributed by atoms with Crippen LogP contribution in [-0.4, -0.2) is 12.3 Å². The molecule has 1 rings (SSSR count). The molecule has 62 valence electrons. The Bertz CT molecular complexity index is 197. The molecular formula is C10H17N. The monoisotopic (exact) mass is 151 g/mol. The summed E-state index contributed by atoms with van der Waals surface area (Å²) in [5, 5.41) is 0. The van der Waals surface area contributed by atoms with Gasteiger partial charge in [-0.25, -0.2) is 0 Å². The lowest BCUT2D eigenvalue weighted by atomic mass is 10.0. The van der Waals surface area contributed by atoms with Crippen molar-refractivity contribution in [1.29, 1.82) is 0 Å². The Kier molecular flexibility index (Phi) is 2.48. The Balaban J connectivity index is 2.63. The van der Waals surface area contributed by atoms with Gasteiger partial charge in [-0.1, -0.05) is 27.7 Å². The third-order valence-corrected chi connectivity index (χ3v) is 2.11. The van der Waals surface area contributed by atoms with Crippen LogP contribution in [0.1, 0.15) is 27.7 Å². The summed E-state index contributed by atoms with van der Waals surface area (Å²) < 4.78 is 0. The zero-order valence-electron chi connectivity index (χ0n) is 7.89. The van der Waals surface area contributed by atoms with Crippen LogP contribution in [0.4, 0.5) is 0 Å². The molecule has 0 atom stereocenters. The first-order valence-corrected chi connectivity index (χ1v) is 4.36. The van der Waals surface area contributed by atoms with Gasteiger partial charge >= 0.3 is 0 Å². The van der Waals surface area contributed by atoms with E-state index >= 15 is 0 Å². The molecule has 0 saturated heterocycles. The van der Waals surface area contributed by atoms with Gasteiger partial charge < -0.3 is 0 Å². The molecule has 1 aliphatic rings. The fourth-order valence-corrected chi connectivity index (χ4v) is 1.16. The van der Waals surface area contributed by atoms with Crippen molar-refractivity contribution in [3.05, 3.63) is 11.6 Å². The second-order valence-electron chi connectivity index (χ2n) is 3.77. The largest absolute Gasteiger partial charge is 0.285 e. The van der Waals surface area contributed by atoms with Gasteiger partial charge in [0.15, 0.2) is 0 Å². The van der Waals surface area contributed by atoms with Crippen LogP contribution in [-0.2, 0) is 0 Å². The summed E-state index contributed by atoms with van der Waals surface area (Å²) in [6.45, 7) is 9.78. The molecular weight excluding hydrogens is 134 g/mol. The average molecular weight is 151 g/mol. The van der Waals surface area contributed by atoms with Crippen molar-refractivity contribution in [3.63, 3.8) is 0 Å². The first-order valence-electron chi connectivity index (χ1n) is 4.36. The fraction of sp³-hybridized carbons (Fsp3) is 0.700. The van der Waals surface area contributed by atoms with E-state index in [4.69, 9.17) is 0 Å². The van der Waals surface area contributed by atoms with Crippen molar-refractivity contribution in [3.8, 4) is 0 Å². The Morgan fingerprint density at radius 3 is 2.09 bits per heavy atom. The van der Waals surface area contributed by atoms with E-state index in [0.29, 0.717) is 11.8 Å². The molecule has 0 aliphatic carbocycles. The first kappa shape index (κ1) is 8.51. The van der Waals surface area contributed by atoms with Gasteiger partial charge in [-0.05, 0) is 23.5 Å². The molecule has 0 amide bonds. The zero-order valence-corrected chi connectivity index (χ0v) is 7.89. The zero-order chi connectivity index (χ0) is 8.43. The maximum Gasteiger partial charge on any atom is 0.0609 e. The van der Waals surface area contributed by atoms with Crippen molar-refractivity contribution in [2.24, 2.45) is 16.8 Å². The van der Waals surface area contributed by atoms with Crippen LogP contribution in [0.3, 0.4) is 0 Å². The molecule has 0 aromatic carbocycles. The highest BCUT2D eigenvalue weighted by atomic mass is 14.8. The molecule has 0 N–H and O–H groups in total. The molecule has 0 spiro atoms. The normalized spacial score (nSPS) is 17.6. The minimum Gasteiger partial charge on any atom is -0.285 e. The Morgan fingerprint density at radius 2 is 1.82 bits per heavy atom. The van der Waals surface area contributed by atoms with E-state index in [1.54, 1.807) is 0 Å². The maximum absolute atomic E-state index is 4.46. The summed E-state index contributed by atoms with van der Waals surface area (Å²) in [6, 6.07) is 0. The Hall–Kier alpha value is -0.590. The highest BCUT2D eigenvalue weighted by Crippen LogP contribution is 2.17. The van der Waals surface area contributed by atoms with Crippen LogP contribution in [0, 0.1) is 11.8 Å². The molecule has 1 heterocycles. The summed E-state index contributed by atoms with van der Waals surface area (Å²) in [5.74, 6) is 1.25. The van der Waals surface area contributed by atoms with Crippen LogP contribution in [0.2, 0.25) is 0 Å². The number of hydrogen-bond donors (Lipinski definition) is 0. The minimum absolute atomic E-state index is 0.589. The molecule has 0 unspecified atom stereocenters. The van der Waals surface area contributed by atoms with Crippen LogP contribution >= 0.6 is 0 Å². The minimum atomic E-state index is 0.589. The van der Waals surface area contributed by atoms with E-state index in [0.717, 1.165) is 6.54 Å². The highest BCUT2D eigenvalue weighted by Gasteiger charge is 2.12. The molecule has 0 radical (unpaired) electrons. The first-order chi connectivity index (χ1) is 5.11. The number of aliphatic imine (C=N–C) groups is 1. The summed E-state index contributed by atoms with van der Waals surface area (Å²) in [5.41, 5.74) is 2.75. The van der Waals surface area contributed by atoms with Crippen molar-refractivity contribution in [1.82, 2.24) is 0 Å². The van der Waals surface area contributed by atoms with Crippen LogP contribution in [0.15, 0.2) is 16.6 Å². The third-order valence-electron chi connectivity index (χ3n) is 2.11. The number of nitrogens with zero attached hydrogens (tertiary/aromatic N) is 1. The molecule has 0 fully saturated rings. The lowest BCUT2D eigenvalue weighted by molar-refractivity contribution is 0.754. The van der Waals surface area contributed by atoms with Crippen molar-refractivity contribution in [2.75, 3.05) is 6.54 Å². The molecule has 0 aromatic rings. The van der Waals surface area contributed by atoms with Gasteiger partial charge in [-0.2, -0.15) is 0 Å². The number of rotatable bonds is 2. The average Bonchev–Trinajstić information content (AvgIpc) is 2.33. The second kappa shape index (κ2) is 3.21. The molecule has 0 aromatic heterocycles. The number of allylic oxidation sites excluding steroid dienone is 1. The van der Waals surface area contributed by atoms with Crippen LogP contribution < -0.4 is 0 Å². The van der Waals surface area contributed by atoms with E-state index < -0.39 is 0 Å². The molecule has 0 bridgehead atoms. The summed E-state index contributed by atoms with van der Waals surface area (Å²) >= 11 is 0. The Labute approximate surface area is 69.2 Å². The molecule has 0 saturated carbocycles. The second-order valence-corrected chi connectivity index (χ2v) is 3.77. The van der Waals surface area contributed by atoms with Gasteiger partial charge in [0, 0.05) is 5.71 Å². The van der Waals surface area contributed by atoms with Crippen LogP contribution in [0.5, 0.6) is 0 Å². The number of hydrogen-bond acceptors (Lipinski definition) is 1. The maximum atomic E-state index is 4.46. The quantitative estimate of drug-likeness (QED) is 0.575. The SMILES string of the molecule is CC(C)C1=CC(C(C)C)=NC1. The highest BCUT2D eigenvalue weighted by molar-refractivity contribution is 5.98. The van der Waals surface area contributed by atoms with Gasteiger partial charge in [0.05, 0.1) is 6.54 Å². The lowest BCUT2D eigenvalue weighted by Crippen LogP contribution is -2.00. The molecule has 1 heteroatoms. The molecule has 1 nitrogen and oxygen atoms in total. The molecule has 1 aliphatic heterocycles. The van der Waals surface area contributed by atoms with E-state index in [2.05, 4.69) is 38.8 Å². The van der Waals surface area contributed by atoms with Gasteiger partial charge in [-0.15, -0.1) is 0 Å². The van der Waals surface area contributed by atoms with Gasteiger partial charge in [0.1, 0.15) is 0 Å². The van der Waals surface area contributed by atoms with Crippen molar-refractivity contribution >= 4 is 5.71 Å². The van der Waals surface area contributed by atoms with Crippen molar-refractivity contribution < 1.29 is 0 Å². The van der Waals surface area contributed by atoms with E-state index in [1.165, 1.54) is 11.3 Å². The van der Waals surface area contributed by atoms with Crippen molar-refractivity contribution in [2.45, 2.75) is 27.7 Å². The van der Waals surface area contributed by atoms with E-state index in [-0.39, 0.29) is 0 Å². The summed E-state index contributed by atoms with van der Waals surface area (Å²) in [7, 11) is 0. The smallest absolute Gasteiger partial charge is 0.0609 e. The predicted octanol–water partition coefficient (Wildman–Crippen LogP) is 2.68. The third kappa shape index (κ3) is 1.92. The standard InChI is InChI=1S/C10H17N/c1-7(2)9-5-10(8(3)4)11-6-9/h5,7-8H,6H2,1-4H3. The van der Waals surface area contributed by atoms with Gasteiger partial charge in [0.25, 0.3) is 0 Å². The molecule has 11 heavy (non-hydrogen) atoms. The van der Waals surface area contributed by atoms with E-state index in [1.807, 2.05) is 0 Å². The summed E-state index contributed by atoms with van der Waals surface area (Å²) in [6.07, 6.45) is 2.26. The topological polar surface area (TPSA) is 12.4 Å². The lowest BCUT2D eigenvalue weighted by Gasteiger charge is -2.02. The fourth-order valence-electron chi connectivity index (χ4n) is 1.16. The van der Waals surface area contributed by atoms with Gasteiger partial charge in [-0.3, -0.25) is 4.99 Å². The predicted molar refractivity (Wildman–Crippen MR) is 50.1 cm³/mol. The summed E-state index contributed by atoms with van der Waals surface area (Å²) in [4.78, 5) is 4.46. The van der Waals surface area contributed by atoms with Gasteiger partial charge in [0.2, 0.25) is 0 Å². The Morgan fingerprint density at radius 1 is 1.18 bits per heavy atom. The van der Waals surface area contributed by atoms with Crippen LogP contribution in [0.25, 0.3) is 0 Å².